The van der Waals surface area contributed by atoms with Gasteiger partial charge in [-0.3, -0.25) is 9.89 Å². The Hall–Kier alpha value is -2.16. The van der Waals surface area contributed by atoms with Gasteiger partial charge >= 0.3 is 5.97 Å². The van der Waals surface area contributed by atoms with Crippen LogP contribution < -0.4 is 5.73 Å². The molecule has 1 aliphatic rings. The Morgan fingerprint density at radius 1 is 1.53 bits per heavy atom. The number of anilines is 1. The SMILES string of the molecule is Nc1n[nH]c(C(=O)N2C[C@H](O)C[C@@H]2C(=O)O)n1. The summed E-state index contributed by atoms with van der Waals surface area (Å²) in [6.07, 6.45) is -0.842. The number of nitrogens with one attached hydrogen (secondary N) is 1. The number of nitrogen functional groups attached to an aromatic ring is 1. The van der Waals surface area contributed by atoms with Crippen LogP contribution in [0.25, 0.3) is 0 Å². The van der Waals surface area contributed by atoms with Gasteiger partial charge in [-0.2, -0.15) is 4.98 Å². The first-order valence-electron chi connectivity index (χ1n) is 4.88. The molecule has 0 aromatic carbocycles. The second kappa shape index (κ2) is 4.01. The number of aromatic nitrogens is 3. The molecule has 0 saturated carbocycles. The van der Waals surface area contributed by atoms with Crippen molar-refractivity contribution in [3.63, 3.8) is 0 Å². The van der Waals surface area contributed by atoms with Gasteiger partial charge < -0.3 is 20.8 Å². The normalized spacial score (nSPS) is 23.9. The molecule has 2 heterocycles. The Bertz CT molecular complexity index is 459. The zero-order valence-corrected chi connectivity index (χ0v) is 8.70. The van der Waals surface area contributed by atoms with Crippen molar-refractivity contribution in [3.8, 4) is 0 Å². The molecule has 0 radical (unpaired) electrons. The van der Waals surface area contributed by atoms with E-state index in [4.69, 9.17) is 10.8 Å². The molecular formula is C8H11N5O4. The monoisotopic (exact) mass is 241 g/mol. The number of amides is 1. The van der Waals surface area contributed by atoms with Crippen LogP contribution in [-0.2, 0) is 4.79 Å². The highest BCUT2D eigenvalue weighted by Gasteiger charge is 2.40. The van der Waals surface area contributed by atoms with E-state index in [0.717, 1.165) is 4.90 Å². The molecule has 9 nitrogen and oxygen atoms in total. The average molecular weight is 241 g/mol. The molecular weight excluding hydrogens is 230 g/mol. The van der Waals surface area contributed by atoms with Crippen molar-refractivity contribution in [2.45, 2.75) is 18.6 Å². The van der Waals surface area contributed by atoms with Crippen LogP contribution in [0.2, 0.25) is 0 Å². The molecule has 1 saturated heterocycles. The number of aliphatic carboxylic acids is 1. The summed E-state index contributed by atoms with van der Waals surface area (Å²) in [6, 6.07) is -1.05. The minimum absolute atomic E-state index is 0.00466. The number of hydrogen-bond donors (Lipinski definition) is 4. The molecule has 0 unspecified atom stereocenters. The molecule has 2 rings (SSSR count). The molecule has 17 heavy (non-hydrogen) atoms. The Morgan fingerprint density at radius 3 is 2.76 bits per heavy atom. The third-order valence-corrected chi connectivity index (χ3v) is 2.53. The largest absolute Gasteiger partial charge is 0.480 e. The van der Waals surface area contributed by atoms with Gasteiger partial charge in [-0.05, 0) is 0 Å². The summed E-state index contributed by atoms with van der Waals surface area (Å²) in [4.78, 5) is 27.5. The number of carbonyl (C=O) groups is 2. The van der Waals surface area contributed by atoms with Crippen molar-refractivity contribution in [1.29, 1.82) is 0 Å². The van der Waals surface area contributed by atoms with Crippen molar-refractivity contribution in [1.82, 2.24) is 20.1 Å². The summed E-state index contributed by atoms with van der Waals surface area (Å²) in [5, 5.41) is 24.1. The van der Waals surface area contributed by atoms with Gasteiger partial charge in [0.15, 0.2) is 0 Å². The smallest absolute Gasteiger partial charge is 0.326 e. The molecule has 0 spiro atoms. The van der Waals surface area contributed by atoms with E-state index in [1.165, 1.54) is 0 Å². The molecule has 1 amide bonds. The molecule has 5 N–H and O–H groups in total. The first kappa shape index (κ1) is 11.3. The average Bonchev–Trinajstić information content (AvgIpc) is 2.83. The first-order chi connectivity index (χ1) is 7.99. The highest BCUT2D eigenvalue weighted by atomic mass is 16.4. The highest BCUT2D eigenvalue weighted by Crippen LogP contribution is 2.19. The van der Waals surface area contributed by atoms with Crippen LogP contribution in [-0.4, -0.2) is 60.9 Å². The van der Waals surface area contributed by atoms with Crippen LogP contribution in [0.1, 0.15) is 17.0 Å². The molecule has 92 valence electrons. The van der Waals surface area contributed by atoms with Crippen LogP contribution in [0.4, 0.5) is 5.95 Å². The van der Waals surface area contributed by atoms with E-state index in [9.17, 15) is 14.7 Å². The number of likely N-dealkylation sites (tertiary alicyclic amines) is 1. The van der Waals surface area contributed by atoms with Crippen LogP contribution in [0, 0.1) is 0 Å². The van der Waals surface area contributed by atoms with Crippen molar-refractivity contribution in [3.05, 3.63) is 5.82 Å². The molecule has 2 atom stereocenters. The predicted octanol–water partition coefficient (Wildman–Crippen LogP) is -1.95. The van der Waals surface area contributed by atoms with Crippen molar-refractivity contribution in [2.24, 2.45) is 0 Å². The Labute approximate surface area is 95.2 Å². The zero-order valence-electron chi connectivity index (χ0n) is 8.70. The molecule has 1 fully saturated rings. The number of aliphatic hydroxyl groups excluding tert-OH is 1. The van der Waals surface area contributed by atoms with Crippen LogP contribution in [0.15, 0.2) is 0 Å². The van der Waals surface area contributed by atoms with Gasteiger partial charge in [-0.25, -0.2) is 4.79 Å². The summed E-state index contributed by atoms with van der Waals surface area (Å²) in [5.74, 6) is -2.04. The fraction of sp³-hybridized carbons (Fsp3) is 0.500. The van der Waals surface area contributed by atoms with Gasteiger partial charge in [0.25, 0.3) is 5.91 Å². The lowest BCUT2D eigenvalue weighted by atomic mass is 10.2. The number of carbonyl (C=O) groups excluding carboxylic acids is 1. The van der Waals surface area contributed by atoms with E-state index in [1.807, 2.05) is 0 Å². The van der Waals surface area contributed by atoms with E-state index in [2.05, 4.69) is 15.2 Å². The van der Waals surface area contributed by atoms with Crippen molar-refractivity contribution in [2.75, 3.05) is 12.3 Å². The Balaban J connectivity index is 2.21. The van der Waals surface area contributed by atoms with Gasteiger partial charge in [0.2, 0.25) is 11.8 Å². The van der Waals surface area contributed by atoms with Crippen molar-refractivity contribution < 1.29 is 19.8 Å². The van der Waals surface area contributed by atoms with Gasteiger partial charge in [-0.15, -0.1) is 5.10 Å². The number of aromatic amines is 1. The first-order valence-corrected chi connectivity index (χ1v) is 4.88. The maximum Gasteiger partial charge on any atom is 0.326 e. The Kier molecular flexibility index (Phi) is 2.68. The summed E-state index contributed by atoms with van der Waals surface area (Å²) in [7, 11) is 0. The molecule has 0 bridgehead atoms. The third kappa shape index (κ3) is 2.04. The molecule has 1 aromatic rings. The standard InChI is InChI=1S/C8H11N5O4/c9-8-10-5(11-12-8)6(15)13-2-3(14)1-4(13)7(16)17/h3-4,14H,1-2H2,(H,16,17)(H3,9,10,11,12)/t3-,4-/m1/s1. The maximum absolute atomic E-state index is 11.9. The van der Waals surface area contributed by atoms with Crippen LogP contribution >= 0.6 is 0 Å². The fourth-order valence-corrected chi connectivity index (χ4v) is 1.78. The van der Waals surface area contributed by atoms with Gasteiger partial charge in [0, 0.05) is 13.0 Å². The molecule has 1 aromatic heterocycles. The third-order valence-electron chi connectivity index (χ3n) is 2.53. The van der Waals surface area contributed by atoms with E-state index in [1.54, 1.807) is 0 Å². The van der Waals surface area contributed by atoms with Crippen molar-refractivity contribution >= 4 is 17.8 Å². The van der Waals surface area contributed by atoms with Gasteiger partial charge in [-0.1, -0.05) is 0 Å². The lowest BCUT2D eigenvalue weighted by Gasteiger charge is -2.19. The fourth-order valence-electron chi connectivity index (χ4n) is 1.78. The number of β-amino-alcohol motifs (C(OH)–C–C–N with tert-alkyl or cyclic N) is 1. The number of H-pyrrole nitrogens is 1. The quantitative estimate of drug-likeness (QED) is 0.470. The summed E-state index contributed by atoms with van der Waals surface area (Å²) < 4.78 is 0. The topological polar surface area (TPSA) is 145 Å². The number of nitrogens with two attached hydrogens (primary N) is 1. The minimum atomic E-state index is -1.16. The van der Waals surface area contributed by atoms with E-state index >= 15 is 0 Å². The zero-order chi connectivity index (χ0) is 12.6. The minimum Gasteiger partial charge on any atom is -0.480 e. The second-order valence-corrected chi connectivity index (χ2v) is 3.74. The number of hydrogen-bond acceptors (Lipinski definition) is 6. The maximum atomic E-state index is 11.9. The van der Waals surface area contributed by atoms with E-state index in [0.29, 0.717) is 0 Å². The molecule has 1 aliphatic heterocycles. The number of carboxylic acid groups (broad SMARTS) is 1. The van der Waals surface area contributed by atoms with Crippen LogP contribution in [0.3, 0.4) is 0 Å². The number of rotatable bonds is 2. The number of carboxylic acids is 1. The summed E-state index contributed by atoms with van der Waals surface area (Å²) >= 11 is 0. The van der Waals surface area contributed by atoms with Gasteiger partial charge in [0.1, 0.15) is 6.04 Å². The molecule has 0 aliphatic carbocycles. The summed E-state index contributed by atoms with van der Waals surface area (Å²) in [5.41, 5.74) is 5.25. The number of aliphatic hydroxyl groups is 1. The lowest BCUT2D eigenvalue weighted by Crippen LogP contribution is -2.41. The lowest BCUT2D eigenvalue weighted by molar-refractivity contribution is -0.141. The van der Waals surface area contributed by atoms with E-state index in [-0.39, 0.29) is 24.7 Å². The highest BCUT2D eigenvalue weighted by molar-refractivity contribution is 5.94. The number of nitrogens with zero attached hydrogens (tertiary/aromatic N) is 3. The Morgan fingerprint density at radius 2 is 2.24 bits per heavy atom. The summed E-state index contributed by atoms with van der Waals surface area (Å²) in [6.45, 7) is -0.0452. The predicted molar refractivity (Wildman–Crippen MR) is 53.9 cm³/mol. The van der Waals surface area contributed by atoms with Crippen LogP contribution in [0.5, 0.6) is 0 Å². The van der Waals surface area contributed by atoms with E-state index < -0.39 is 24.0 Å². The molecule has 9 heteroatoms. The second-order valence-electron chi connectivity index (χ2n) is 3.74. The van der Waals surface area contributed by atoms with Gasteiger partial charge in [0.05, 0.1) is 6.10 Å².